The summed E-state index contributed by atoms with van der Waals surface area (Å²) in [5, 5.41) is 2.72. The van der Waals surface area contributed by atoms with Gasteiger partial charge in [0.25, 0.3) is 0 Å². The zero-order chi connectivity index (χ0) is 13.7. The van der Waals surface area contributed by atoms with Crippen LogP contribution in [0.25, 0.3) is 11.1 Å². The highest BCUT2D eigenvalue weighted by atomic mass is 16.5. The van der Waals surface area contributed by atoms with E-state index in [1.165, 1.54) is 0 Å². The van der Waals surface area contributed by atoms with Crippen molar-refractivity contribution in [2.24, 2.45) is 0 Å². The van der Waals surface area contributed by atoms with Gasteiger partial charge in [-0.05, 0) is 12.1 Å². The minimum Gasteiger partial charge on any atom is -0.497 e. The fourth-order valence-electron chi connectivity index (χ4n) is 1.61. The molecule has 0 fully saturated rings. The van der Waals surface area contributed by atoms with Crippen LogP contribution in [0.3, 0.4) is 0 Å². The van der Waals surface area contributed by atoms with Gasteiger partial charge >= 0.3 is 0 Å². The SMILES string of the molecule is COCCC(=O)NCc1nc2cc(OC)ccc2o1. The summed E-state index contributed by atoms with van der Waals surface area (Å²) in [7, 11) is 3.15. The number of hydrogen-bond acceptors (Lipinski definition) is 5. The number of rotatable bonds is 6. The number of oxazole rings is 1. The Morgan fingerprint density at radius 2 is 2.26 bits per heavy atom. The molecule has 0 bridgehead atoms. The molecule has 1 aromatic carbocycles. The van der Waals surface area contributed by atoms with Crippen LogP contribution >= 0.6 is 0 Å². The highest BCUT2D eigenvalue weighted by Gasteiger charge is 2.08. The Morgan fingerprint density at radius 3 is 3.00 bits per heavy atom. The number of carbonyl (C=O) groups excluding carboxylic acids is 1. The van der Waals surface area contributed by atoms with Crippen molar-refractivity contribution in [3.63, 3.8) is 0 Å². The maximum absolute atomic E-state index is 11.4. The molecular weight excluding hydrogens is 248 g/mol. The van der Waals surface area contributed by atoms with Gasteiger partial charge in [0.05, 0.1) is 20.3 Å². The van der Waals surface area contributed by atoms with Gasteiger partial charge in [-0.3, -0.25) is 4.79 Å². The summed E-state index contributed by atoms with van der Waals surface area (Å²) in [6.45, 7) is 0.663. The molecule has 0 unspecified atom stereocenters. The van der Waals surface area contributed by atoms with Gasteiger partial charge in [-0.25, -0.2) is 4.98 Å². The lowest BCUT2D eigenvalue weighted by Gasteiger charge is -2.01. The van der Waals surface area contributed by atoms with Gasteiger partial charge in [-0.2, -0.15) is 0 Å². The number of hydrogen-bond donors (Lipinski definition) is 1. The van der Waals surface area contributed by atoms with E-state index < -0.39 is 0 Å². The first-order valence-corrected chi connectivity index (χ1v) is 5.92. The van der Waals surface area contributed by atoms with Crippen LogP contribution in [0.15, 0.2) is 22.6 Å². The van der Waals surface area contributed by atoms with Crippen LogP contribution in [-0.4, -0.2) is 31.7 Å². The van der Waals surface area contributed by atoms with Gasteiger partial charge in [0.15, 0.2) is 5.58 Å². The van der Waals surface area contributed by atoms with E-state index in [2.05, 4.69) is 10.3 Å². The van der Waals surface area contributed by atoms with Gasteiger partial charge in [-0.1, -0.05) is 0 Å². The molecule has 0 saturated heterocycles. The predicted molar refractivity (Wildman–Crippen MR) is 68.9 cm³/mol. The number of ether oxygens (including phenoxy) is 2. The van der Waals surface area contributed by atoms with Crippen LogP contribution in [0.5, 0.6) is 5.75 Å². The number of benzene rings is 1. The molecule has 2 aromatic rings. The first-order valence-electron chi connectivity index (χ1n) is 5.92. The Hall–Kier alpha value is -2.08. The normalized spacial score (nSPS) is 10.6. The van der Waals surface area contributed by atoms with Crippen molar-refractivity contribution in [1.82, 2.24) is 10.3 Å². The van der Waals surface area contributed by atoms with Crippen molar-refractivity contribution < 1.29 is 18.7 Å². The lowest BCUT2D eigenvalue weighted by molar-refractivity contribution is -0.122. The number of amides is 1. The van der Waals surface area contributed by atoms with Crippen molar-refractivity contribution in [2.45, 2.75) is 13.0 Å². The van der Waals surface area contributed by atoms with E-state index in [0.29, 0.717) is 30.0 Å². The van der Waals surface area contributed by atoms with Gasteiger partial charge < -0.3 is 19.2 Å². The summed E-state index contributed by atoms with van der Waals surface area (Å²) in [4.78, 5) is 15.7. The first kappa shape index (κ1) is 13.4. The number of nitrogens with zero attached hydrogens (tertiary/aromatic N) is 1. The monoisotopic (exact) mass is 264 g/mol. The number of methoxy groups -OCH3 is 2. The number of nitrogens with one attached hydrogen (secondary N) is 1. The van der Waals surface area contributed by atoms with Crippen LogP contribution in [0.4, 0.5) is 0 Å². The molecule has 1 heterocycles. The van der Waals surface area contributed by atoms with E-state index in [9.17, 15) is 4.79 Å². The molecule has 19 heavy (non-hydrogen) atoms. The van der Waals surface area contributed by atoms with Crippen LogP contribution < -0.4 is 10.1 Å². The van der Waals surface area contributed by atoms with Gasteiger partial charge in [-0.15, -0.1) is 0 Å². The Kier molecular flexibility index (Phi) is 4.35. The number of aromatic nitrogens is 1. The zero-order valence-corrected chi connectivity index (χ0v) is 10.9. The van der Waals surface area contributed by atoms with Crippen molar-refractivity contribution in [3.8, 4) is 5.75 Å². The molecule has 2 rings (SSSR count). The minimum atomic E-state index is -0.0957. The van der Waals surface area contributed by atoms with E-state index in [1.807, 2.05) is 0 Å². The van der Waals surface area contributed by atoms with Crippen molar-refractivity contribution >= 4 is 17.0 Å². The zero-order valence-electron chi connectivity index (χ0n) is 10.9. The smallest absolute Gasteiger partial charge is 0.222 e. The highest BCUT2D eigenvalue weighted by molar-refractivity contribution is 5.76. The fourth-order valence-corrected chi connectivity index (χ4v) is 1.61. The third kappa shape index (κ3) is 3.45. The molecule has 102 valence electrons. The predicted octanol–water partition coefficient (Wildman–Crippen LogP) is 1.49. The average Bonchev–Trinajstić information content (AvgIpc) is 2.84. The second-order valence-corrected chi connectivity index (χ2v) is 3.96. The summed E-state index contributed by atoms with van der Waals surface area (Å²) < 4.78 is 15.4. The van der Waals surface area contributed by atoms with E-state index in [0.717, 1.165) is 5.75 Å². The van der Waals surface area contributed by atoms with E-state index in [1.54, 1.807) is 32.4 Å². The quantitative estimate of drug-likeness (QED) is 0.855. The number of carbonyl (C=O) groups is 1. The molecule has 1 amide bonds. The third-order valence-corrected chi connectivity index (χ3v) is 2.61. The molecule has 6 nitrogen and oxygen atoms in total. The van der Waals surface area contributed by atoms with Crippen molar-refractivity contribution in [3.05, 3.63) is 24.1 Å². The maximum Gasteiger partial charge on any atom is 0.222 e. The largest absolute Gasteiger partial charge is 0.497 e. The van der Waals surface area contributed by atoms with Gasteiger partial charge in [0.1, 0.15) is 11.3 Å². The second-order valence-electron chi connectivity index (χ2n) is 3.96. The molecule has 0 aliphatic rings. The average molecular weight is 264 g/mol. The Morgan fingerprint density at radius 1 is 1.42 bits per heavy atom. The van der Waals surface area contributed by atoms with Gasteiger partial charge in [0.2, 0.25) is 11.8 Å². The molecule has 0 aliphatic heterocycles. The van der Waals surface area contributed by atoms with E-state index in [4.69, 9.17) is 13.9 Å². The first-order chi connectivity index (χ1) is 9.22. The molecule has 1 aromatic heterocycles. The summed E-state index contributed by atoms with van der Waals surface area (Å²) in [5.74, 6) is 1.09. The highest BCUT2D eigenvalue weighted by Crippen LogP contribution is 2.21. The van der Waals surface area contributed by atoms with Crippen LogP contribution in [0.2, 0.25) is 0 Å². The molecule has 0 saturated carbocycles. The summed E-state index contributed by atoms with van der Waals surface area (Å²) in [6.07, 6.45) is 0.324. The standard InChI is InChI=1S/C13H16N2O4/c1-17-6-5-12(16)14-8-13-15-10-7-9(18-2)3-4-11(10)19-13/h3-4,7H,5-6,8H2,1-2H3,(H,14,16). The molecule has 0 radical (unpaired) electrons. The van der Waals surface area contributed by atoms with Crippen LogP contribution in [0, 0.1) is 0 Å². The molecule has 0 spiro atoms. The Bertz CT molecular complexity index is 565. The lowest BCUT2D eigenvalue weighted by atomic mass is 10.3. The fraction of sp³-hybridized carbons (Fsp3) is 0.385. The van der Waals surface area contributed by atoms with Crippen molar-refractivity contribution in [1.29, 1.82) is 0 Å². The second kappa shape index (κ2) is 6.19. The number of fused-ring (bicyclic) bond motifs is 1. The van der Waals surface area contributed by atoms with Crippen molar-refractivity contribution in [2.75, 3.05) is 20.8 Å². The topological polar surface area (TPSA) is 73.6 Å². The lowest BCUT2D eigenvalue weighted by Crippen LogP contribution is -2.23. The van der Waals surface area contributed by atoms with E-state index in [-0.39, 0.29) is 12.5 Å². The van der Waals surface area contributed by atoms with Crippen LogP contribution in [-0.2, 0) is 16.1 Å². The summed E-state index contributed by atoms with van der Waals surface area (Å²) in [6, 6.07) is 5.38. The molecule has 0 atom stereocenters. The maximum atomic E-state index is 11.4. The minimum absolute atomic E-state index is 0.0957. The Labute approximate surface area is 110 Å². The summed E-state index contributed by atoms with van der Waals surface area (Å²) in [5.41, 5.74) is 1.38. The van der Waals surface area contributed by atoms with Crippen LogP contribution in [0.1, 0.15) is 12.3 Å². The molecule has 6 heteroatoms. The third-order valence-electron chi connectivity index (χ3n) is 2.61. The Balaban J connectivity index is 1.99. The van der Waals surface area contributed by atoms with Gasteiger partial charge in [0, 0.05) is 19.6 Å². The van der Waals surface area contributed by atoms with E-state index >= 15 is 0 Å². The molecule has 0 aliphatic carbocycles. The molecule has 1 N–H and O–H groups in total. The summed E-state index contributed by atoms with van der Waals surface area (Å²) >= 11 is 0. The molecular formula is C13H16N2O4.